The number of piperidine rings is 1. The van der Waals surface area contributed by atoms with E-state index >= 15 is 0 Å². The summed E-state index contributed by atoms with van der Waals surface area (Å²) in [7, 11) is 0. The van der Waals surface area contributed by atoms with Crippen LogP contribution >= 0.6 is 11.6 Å². The molecular weight excluding hydrogens is 304 g/mol. The Bertz CT molecular complexity index is 691. The predicted octanol–water partition coefficient (Wildman–Crippen LogP) is 2.48. The van der Waals surface area contributed by atoms with Gasteiger partial charge in [0.2, 0.25) is 5.89 Å². The molecule has 1 aliphatic heterocycles. The minimum Gasteiger partial charge on any atom is -0.388 e. The van der Waals surface area contributed by atoms with Gasteiger partial charge in [0.05, 0.1) is 0 Å². The third-order valence-corrected chi connectivity index (χ3v) is 4.29. The molecule has 0 spiro atoms. The Hall–Kier alpha value is -1.79. The fourth-order valence-electron chi connectivity index (χ4n) is 2.87. The van der Waals surface area contributed by atoms with Crippen LogP contribution in [0.5, 0.6) is 0 Å². The molecule has 1 aromatic heterocycles. The number of anilines is 1. The normalized spacial score (nSPS) is 17.4. The Kier molecular flexibility index (Phi) is 4.49. The first-order valence-electron chi connectivity index (χ1n) is 7.45. The molecule has 3 N–H and O–H groups in total. The zero-order valence-electron chi connectivity index (χ0n) is 12.4. The van der Waals surface area contributed by atoms with Crippen LogP contribution in [0.2, 0.25) is 5.02 Å². The highest BCUT2D eigenvalue weighted by molar-refractivity contribution is 6.31. The van der Waals surface area contributed by atoms with Crippen LogP contribution < -0.4 is 16.4 Å². The lowest BCUT2D eigenvalue weighted by Crippen LogP contribution is -2.36. The Morgan fingerprint density at radius 1 is 1.36 bits per heavy atom. The lowest BCUT2D eigenvalue weighted by Gasteiger charge is -2.29. The van der Waals surface area contributed by atoms with Crippen LogP contribution in [0.3, 0.4) is 0 Å². The van der Waals surface area contributed by atoms with Crippen LogP contribution in [0.15, 0.2) is 27.4 Å². The number of nitrogens with zero attached hydrogens (tertiary/aromatic N) is 1. The maximum Gasteiger partial charge on any atom is 0.434 e. The van der Waals surface area contributed by atoms with Crippen molar-refractivity contribution in [2.24, 2.45) is 5.92 Å². The molecule has 0 bridgehead atoms. The van der Waals surface area contributed by atoms with Crippen molar-refractivity contribution in [2.45, 2.75) is 25.8 Å². The van der Waals surface area contributed by atoms with E-state index in [0.29, 0.717) is 22.5 Å². The summed E-state index contributed by atoms with van der Waals surface area (Å²) in [4.78, 5) is 11.1. The summed E-state index contributed by atoms with van der Waals surface area (Å²) in [5.74, 6) is 0.296. The van der Waals surface area contributed by atoms with Crippen LogP contribution in [0, 0.1) is 5.92 Å². The third kappa shape index (κ3) is 3.51. The molecule has 7 heteroatoms. The second-order valence-corrected chi connectivity index (χ2v) is 6.10. The topological polar surface area (TPSA) is 83.0 Å². The lowest BCUT2D eigenvalue weighted by molar-refractivity contribution is 0.343. The third-order valence-electron chi connectivity index (χ3n) is 4.07. The molecule has 1 aliphatic rings. The monoisotopic (exact) mass is 322 g/mol. The lowest BCUT2D eigenvalue weighted by atomic mass is 9.91. The number of hydrogen-bond acceptors (Lipinski definition) is 5. The van der Waals surface area contributed by atoms with Crippen molar-refractivity contribution in [3.8, 4) is 11.5 Å². The molecule has 0 saturated carbocycles. The van der Waals surface area contributed by atoms with Gasteiger partial charge in [-0.15, -0.1) is 5.10 Å². The Morgan fingerprint density at radius 3 is 2.82 bits per heavy atom. The van der Waals surface area contributed by atoms with E-state index in [1.54, 1.807) is 6.07 Å². The van der Waals surface area contributed by atoms with E-state index < -0.39 is 5.76 Å². The van der Waals surface area contributed by atoms with E-state index in [-0.39, 0.29) is 5.89 Å². The van der Waals surface area contributed by atoms with Crippen LogP contribution in [0.25, 0.3) is 11.5 Å². The highest BCUT2D eigenvalue weighted by atomic mass is 35.5. The molecule has 3 rings (SSSR count). The quantitative estimate of drug-likeness (QED) is 0.805. The standard InChI is InChI=1S/C15H19ClN4O2/c1-9(10-2-4-17-5-3-10)18-13-7-11(6-12(16)8-13)14-19-20-15(21)22-14/h6-10,17-18H,2-5H2,1H3,(H,20,21)/t9-/m0/s1. The van der Waals surface area contributed by atoms with Gasteiger partial charge in [-0.2, -0.15) is 0 Å². The Balaban J connectivity index is 1.78. The van der Waals surface area contributed by atoms with Crippen LogP contribution in [0.4, 0.5) is 5.69 Å². The summed E-state index contributed by atoms with van der Waals surface area (Å²) >= 11 is 6.17. The molecule has 1 aromatic carbocycles. The first-order valence-corrected chi connectivity index (χ1v) is 7.83. The number of nitrogens with one attached hydrogen (secondary N) is 3. The number of halogens is 1. The highest BCUT2D eigenvalue weighted by Gasteiger charge is 2.20. The van der Waals surface area contributed by atoms with Gasteiger partial charge in [-0.25, -0.2) is 9.89 Å². The molecule has 22 heavy (non-hydrogen) atoms. The van der Waals surface area contributed by atoms with E-state index in [0.717, 1.165) is 31.6 Å². The Morgan fingerprint density at radius 2 is 2.14 bits per heavy atom. The molecule has 118 valence electrons. The van der Waals surface area contributed by atoms with Gasteiger partial charge in [0.15, 0.2) is 0 Å². The SMILES string of the molecule is C[C@H](Nc1cc(Cl)cc(-c2n[nH]c(=O)o2)c1)C1CCNCC1. The maximum atomic E-state index is 11.1. The van der Waals surface area contributed by atoms with E-state index in [2.05, 4.69) is 27.8 Å². The fraction of sp³-hybridized carbons (Fsp3) is 0.467. The molecular formula is C15H19ClN4O2. The largest absolute Gasteiger partial charge is 0.434 e. The summed E-state index contributed by atoms with van der Waals surface area (Å²) in [5, 5.41) is 13.5. The maximum absolute atomic E-state index is 11.1. The average Bonchev–Trinajstić information content (AvgIpc) is 2.94. The van der Waals surface area contributed by atoms with Crippen molar-refractivity contribution < 1.29 is 4.42 Å². The van der Waals surface area contributed by atoms with E-state index in [9.17, 15) is 4.79 Å². The number of hydrogen-bond donors (Lipinski definition) is 3. The molecule has 1 atom stereocenters. The van der Waals surface area contributed by atoms with Gasteiger partial charge in [0.25, 0.3) is 0 Å². The number of aromatic nitrogens is 2. The summed E-state index contributed by atoms with van der Waals surface area (Å²) < 4.78 is 4.98. The van der Waals surface area contributed by atoms with Gasteiger partial charge in [0, 0.05) is 22.3 Å². The van der Waals surface area contributed by atoms with Crippen LogP contribution in [0.1, 0.15) is 19.8 Å². The van der Waals surface area contributed by atoms with Crippen molar-refractivity contribution in [2.75, 3.05) is 18.4 Å². The summed E-state index contributed by atoms with van der Waals surface area (Å²) in [6, 6.07) is 5.83. The van der Waals surface area contributed by atoms with Gasteiger partial charge in [-0.05, 0) is 57.0 Å². The first kappa shape index (κ1) is 15.1. The molecule has 0 radical (unpaired) electrons. The second kappa shape index (κ2) is 6.54. The average molecular weight is 323 g/mol. The highest BCUT2D eigenvalue weighted by Crippen LogP contribution is 2.27. The molecule has 0 aliphatic carbocycles. The van der Waals surface area contributed by atoms with Gasteiger partial charge in [-0.3, -0.25) is 0 Å². The van der Waals surface area contributed by atoms with Gasteiger partial charge < -0.3 is 15.1 Å². The minimum absolute atomic E-state index is 0.241. The van der Waals surface area contributed by atoms with Gasteiger partial charge in [-0.1, -0.05) is 11.6 Å². The molecule has 2 heterocycles. The summed E-state index contributed by atoms with van der Waals surface area (Å²) in [6.07, 6.45) is 2.33. The van der Waals surface area contributed by atoms with Gasteiger partial charge >= 0.3 is 5.76 Å². The van der Waals surface area contributed by atoms with Crippen molar-refractivity contribution in [3.05, 3.63) is 33.8 Å². The smallest absolute Gasteiger partial charge is 0.388 e. The number of H-pyrrole nitrogens is 1. The van der Waals surface area contributed by atoms with Crippen LogP contribution in [-0.2, 0) is 0 Å². The van der Waals surface area contributed by atoms with E-state index in [1.807, 2.05) is 12.1 Å². The van der Waals surface area contributed by atoms with Crippen molar-refractivity contribution in [3.63, 3.8) is 0 Å². The molecule has 2 aromatic rings. The zero-order chi connectivity index (χ0) is 15.5. The molecule has 6 nitrogen and oxygen atoms in total. The van der Waals surface area contributed by atoms with Crippen molar-refractivity contribution in [1.29, 1.82) is 0 Å². The van der Waals surface area contributed by atoms with E-state index in [4.69, 9.17) is 16.0 Å². The first-order chi connectivity index (χ1) is 10.6. The van der Waals surface area contributed by atoms with Crippen LogP contribution in [-0.4, -0.2) is 29.3 Å². The molecule has 0 amide bonds. The molecule has 1 fully saturated rings. The summed E-state index contributed by atoms with van der Waals surface area (Å²) in [5.41, 5.74) is 1.57. The Labute approximate surface area is 133 Å². The van der Waals surface area contributed by atoms with Crippen molar-refractivity contribution in [1.82, 2.24) is 15.5 Å². The fourth-order valence-corrected chi connectivity index (χ4v) is 3.11. The number of benzene rings is 1. The summed E-state index contributed by atoms with van der Waals surface area (Å²) in [6.45, 7) is 4.32. The van der Waals surface area contributed by atoms with Gasteiger partial charge in [0.1, 0.15) is 0 Å². The molecule has 1 saturated heterocycles. The molecule has 0 unspecified atom stereocenters. The predicted molar refractivity (Wildman–Crippen MR) is 86.2 cm³/mol. The number of aromatic amines is 1. The van der Waals surface area contributed by atoms with E-state index in [1.165, 1.54) is 0 Å². The minimum atomic E-state index is -0.576. The number of rotatable bonds is 4. The zero-order valence-corrected chi connectivity index (χ0v) is 13.1. The van der Waals surface area contributed by atoms with Crippen molar-refractivity contribution >= 4 is 17.3 Å². The second-order valence-electron chi connectivity index (χ2n) is 5.67.